The Balaban J connectivity index is 1.69. The summed E-state index contributed by atoms with van der Waals surface area (Å²) in [6, 6.07) is 17.6. The number of rotatable bonds is 5. The molecule has 0 unspecified atom stereocenters. The highest BCUT2D eigenvalue weighted by atomic mass is 16.2. The van der Waals surface area contributed by atoms with Crippen LogP contribution in [0.5, 0.6) is 0 Å². The van der Waals surface area contributed by atoms with E-state index in [0.717, 1.165) is 18.7 Å². The number of hydrogen-bond acceptors (Lipinski definition) is 3. The number of hydrogen-bond donors (Lipinski definition) is 1. The van der Waals surface area contributed by atoms with Gasteiger partial charge in [-0.3, -0.25) is 14.5 Å². The predicted octanol–water partition coefficient (Wildman–Crippen LogP) is 2.92. The van der Waals surface area contributed by atoms with E-state index in [9.17, 15) is 9.59 Å². The Morgan fingerprint density at radius 2 is 1.85 bits per heavy atom. The molecule has 1 atom stereocenters. The van der Waals surface area contributed by atoms with Crippen LogP contribution in [0, 0.1) is 0 Å². The Labute approximate surface area is 154 Å². The molecular formula is C21H25N3O2. The van der Waals surface area contributed by atoms with Crippen LogP contribution in [0.3, 0.4) is 0 Å². The molecule has 1 aliphatic rings. The van der Waals surface area contributed by atoms with Crippen LogP contribution < -0.4 is 10.2 Å². The molecule has 0 saturated carbocycles. The van der Waals surface area contributed by atoms with Gasteiger partial charge in [0.2, 0.25) is 11.8 Å². The van der Waals surface area contributed by atoms with Gasteiger partial charge in [-0.2, -0.15) is 0 Å². The SMILES string of the molecule is C[C@H]1CC(=O)Nc2ccccc2N1C(=O)CN(C)CCc1ccccc1. The van der Waals surface area contributed by atoms with Crippen molar-refractivity contribution in [1.29, 1.82) is 0 Å². The van der Waals surface area contributed by atoms with Gasteiger partial charge in [-0.05, 0) is 38.1 Å². The summed E-state index contributed by atoms with van der Waals surface area (Å²) in [4.78, 5) is 28.8. The highest BCUT2D eigenvalue weighted by Gasteiger charge is 2.29. The zero-order valence-corrected chi connectivity index (χ0v) is 15.3. The first-order valence-corrected chi connectivity index (χ1v) is 8.98. The molecule has 2 aromatic rings. The average molecular weight is 351 g/mol. The Morgan fingerprint density at radius 3 is 2.62 bits per heavy atom. The number of likely N-dealkylation sites (N-methyl/N-ethyl adjacent to an activating group) is 1. The highest BCUT2D eigenvalue weighted by molar-refractivity contribution is 6.04. The number of nitrogens with zero attached hydrogens (tertiary/aromatic N) is 2. The van der Waals surface area contributed by atoms with Crippen LogP contribution in [-0.2, 0) is 16.0 Å². The predicted molar refractivity (Wildman–Crippen MR) is 104 cm³/mol. The van der Waals surface area contributed by atoms with Crippen LogP contribution in [0.1, 0.15) is 18.9 Å². The number of amides is 2. The minimum Gasteiger partial charge on any atom is -0.324 e. The quantitative estimate of drug-likeness (QED) is 0.901. The molecular weight excluding hydrogens is 326 g/mol. The Kier molecular flexibility index (Phi) is 5.68. The molecule has 0 saturated heterocycles. The summed E-state index contributed by atoms with van der Waals surface area (Å²) < 4.78 is 0. The molecule has 0 aliphatic carbocycles. The van der Waals surface area contributed by atoms with E-state index in [1.54, 1.807) is 4.90 Å². The van der Waals surface area contributed by atoms with Crippen LogP contribution in [-0.4, -0.2) is 42.9 Å². The van der Waals surface area contributed by atoms with E-state index >= 15 is 0 Å². The van der Waals surface area contributed by atoms with Crippen molar-refractivity contribution < 1.29 is 9.59 Å². The van der Waals surface area contributed by atoms with Gasteiger partial charge in [0.25, 0.3) is 0 Å². The molecule has 2 aromatic carbocycles. The second-order valence-electron chi connectivity index (χ2n) is 6.86. The summed E-state index contributed by atoms with van der Waals surface area (Å²) in [7, 11) is 1.96. The van der Waals surface area contributed by atoms with Crippen LogP contribution in [0.2, 0.25) is 0 Å². The summed E-state index contributed by atoms with van der Waals surface area (Å²) in [5.74, 6) is -0.0466. The summed E-state index contributed by atoms with van der Waals surface area (Å²) in [6.45, 7) is 3.04. The van der Waals surface area contributed by atoms with Crippen LogP contribution in [0.25, 0.3) is 0 Å². The maximum absolute atomic E-state index is 13.0. The maximum atomic E-state index is 13.0. The van der Waals surface area contributed by atoms with Crippen LogP contribution in [0.15, 0.2) is 54.6 Å². The largest absolute Gasteiger partial charge is 0.324 e. The van der Waals surface area contributed by atoms with Gasteiger partial charge in [0.05, 0.1) is 17.9 Å². The van der Waals surface area contributed by atoms with E-state index in [1.807, 2.05) is 61.3 Å². The van der Waals surface area contributed by atoms with Gasteiger partial charge < -0.3 is 10.2 Å². The lowest BCUT2D eigenvalue weighted by Crippen LogP contribution is -2.44. The fourth-order valence-corrected chi connectivity index (χ4v) is 3.32. The Bertz CT molecular complexity index is 776. The molecule has 2 amide bonds. The van der Waals surface area contributed by atoms with Crippen LogP contribution in [0.4, 0.5) is 11.4 Å². The molecule has 1 N–H and O–H groups in total. The number of carbonyl (C=O) groups is 2. The van der Waals surface area contributed by atoms with E-state index in [0.29, 0.717) is 18.7 Å². The molecule has 3 rings (SSSR count). The van der Waals surface area contributed by atoms with E-state index < -0.39 is 0 Å². The average Bonchev–Trinajstić information content (AvgIpc) is 2.75. The monoisotopic (exact) mass is 351 g/mol. The summed E-state index contributed by atoms with van der Waals surface area (Å²) >= 11 is 0. The molecule has 5 nitrogen and oxygen atoms in total. The van der Waals surface area contributed by atoms with E-state index in [2.05, 4.69) is 17.4 Å². The molecule has 1 heterocycles. The number of benzene rings is 2. The zero-order valence-electron chi connectivity index (χ0n) is 15.3. The number of fused-ring (bicyclic) bond motifs is 1. The number of nitrogens with one attached hydrogen (secondary N) is 1. The molecule has 0 aromatic heterocycles. The fourth-order valence-electron chi connectivity index (χ4n) is 3.32. The lowest BCUT2D eigenvalue weighted by Gasteiger charge is -2.29. The Morgan fingerprint density at radius 1 is 1.15 bits per heavy atom. The van der Waals surface area contributed by atoms with Crippen molar-refractivity contribution in [3.63, 3.8) is 0 Å². The minimum absolute atomic E-state index is 0.0111. The van der Waals surface area contributed by atoms with E-state index in [1.165, 1.54) is 5.56 Å². The van der Waals surface area contributed by atoms with Crippen molar-refractivity contribution in [3.05, 3.63) is 60.2 Å². The lowest BCUT2D eigenvalue weighted by molar-refractivity contribution is -0.120. The van der Waals surface area contributed by atoms with Crippen molar-refractivity contribution in [2.75, 3.05) is 30.4 Å². The third-order valence-electron chi connectivity index (χ3n) is 4.66. The third kappa shape index (κ3) is 4.29. The standard InChI is InChI=1S/C21H25N3O2/c1-16-14-20(25)22-18-10-6-7-11-19(18)24(16)21(26)15-23(2)13-12-17-8-4-3-5-9-17/h3-11,16H,12-15H2,1-2H3,(H,22,25)/t16-/m0/s1. The fraction of sp³-hybridized carbons (Fsp3) is 0.333. The van der Waals surface area contributed by atoms with Crippen LogP contribution >= 0.6 is 0 Å². The molecule has 136 valence electrons. The van der Waals surface area contributed by atoms with Gasteiger partial charge in [-0.1, -0.05) is 42.5 Å². The first-order chi connectivity index (χ1) is 12.5. The second-order valence-corrected chi connectivity index (χ2v) is 6.86. The van der Waals surface area contributed by atoms with E-state index in [-0.39, 0.29) is 17.9 Å². The summed E-state index contributed by atoms with van der Waals surface area (Å²) in [6.07, 6.45) is 1.20. The molecule has 0 spiro atoms. The minimum atomic E-state index is -0.173. The topological polar surface area (TPSA) is 52.7 Å². The highest BCUT2D eigenvalue weighted by Crippen LogP contribution is 2.31. The molecule has 0 fully saturated rings. The first-order valence-electron chi connectivity index (χ1n) is 8.98. The van der Waals surface area contributed by atoms with Gasteiger partial charge in [0.1, 0.15) is 0 Å². The summed E-state index contributed by atoms with van der Waals surface area (Å²) in [5.41, 5.74) is 2.73. The number of para-hydroxylation sites is 2. The van der Waals surface area contributed by atoms with Crippen molar-refractivity contribution in [1.82, 2.24) is 4.90 Å². The third-order valence-corrected chi connectivity index (χ3v) is 4.66. The van der Waals surface area contributed by atoms with Crippen molar-refractivity contribution in [3.8, 4) is 0 Å². The maximum Gasteiger partial charge on any atom is 0.241 e. The number of carbonyl (C=O) groups excluding carboxylic acids is 2. The molecule has 0 radical (unpaired) electrons. The first kappa shape index (κ1) is 18.1. The zero-order chi connectivity index (χ0) is 18.5. The smallest absolute Gasteiger partial charge is 0.241 e. The van der Waals surface area contributed by atoms with Gasteiger partial charge in [0, 0.05) is 19.0 Å². The molecule has 1 aliphatic heterocycles. The molecule has 0 bridgehead atoms. The summed E-state index contributed by atoms with van der Waals surface area (Å²) in [5, 5.41) is 2.89. The molecule has 5 heteroatoms. The lowest BCUT2D eigenvalue weighted by atomic mass is 10.1. The van der Waals surface area contributed by atoms with Gasteiger partial charge in [-0.15, -0.1) is 0 Å². The Hall–Kier alpha value is -2.66. The van der Waals surface area contributed by atoms with Crippen molar-refractivity contribution in [2.45, 2.75) is 25.8 Å². The van der Waals surface area contributed by atoms with Gasteiger partial charge in [-0.25, -0.2) is 0 Å². The van der Waals surface area contributed by atoms with Crippen molar-refractivity contribution >= 4 is 23.2 Å². The van der Waals surface area contributed by atoms with Gasteiger partial charge in [0.15, 0.2) is 0 Å². The normalized spacial score (nSPS) is 16.8. The van der Waals surface area contributed by atoms with Gasteiger partial charge >= 0.3 is 0 Å². The second kappa shape index (κ2) is 8.15. The van der Waals surface area contributed by atoms with E-state index in [4.69, 9.17) is 0 Å². The molecule has 26 heavy (non-hydrogen) atoms. The van der Waals surface area contributed by atoms with Crippen molar-refractivity contribution in [2.24, 2.45) is 0 Å². The number of anilines is 2.